The zero-order chi connectivity index (χ0) is 14.3. The highest BCUT2D eigenvalue weighted by molar-refractivity contribution is 5.92. The molecule has 0 fully saturated rings. The third-order valence-electron chi connectivity index (χ3n) is 2.41. The van der Waals surface area contributed by atoms with Crippen LogP contribution >= 0.6 is 0 Å². The lowest BCUT2D eigenvalue weighted by atomic mass is 10.2. The lowest BCUT2D eigenvalue weighted by molar-refractivity contribution is -0.116. The first-order chi connectivity index (χ1) is 8.92. The van der Waals surface area contributed by atoms with Gasteiger partial charge in [-0.15, -0.1) is 0 Å². The number of nitrogens with one attached hydrogen (secondary N) is 2. The second kappa shape index (κ2) is 7.14. The van der Waals surface area contributed by atoms with Crippen LogP contribution in [0.3, 0.4) is 0 Å². The Kier molecular flexibility index (Phi) is 5.83. The molecule has 2 N–H and O–H groups in total. The highest BCUT2D eigenvalue weighted by atomic mass is 16.5. The summed E-state index contributed by atoms with van der Waals surface area (Å²) in [6, 6.07) is 7.52. The van der Waals surface area contributed by atoms with Crippen molar-refractivity contribution in [2.24, 2.45) is 0 Å². The maximum atomic E-state index is 11.8. The van der Waals surface area contributed by atoms with Gasteiger partial charge in [-0.1, -0.05) is 12.1 Å². The maximum Gasteiger partial charge on any atom is 0.224 e. The molecule has 0 atom stereocenters. The molecule has 0 saturated carbocycles. The van der Waals surface area contributed by atoms with Crippen LogP contribution in [0, 0.1) is 0 Å². The van der Waals surface area contributed by atoms with Crippen molar-refractivity contribution >= 4 is 11.6 Å². The van der Waals surface area contributed by atoms with Crippen molar-refractivity contribution in [2.75, 3.05) is 18.9 Å². The molecule has 106 valence electrons. The molecule has 1 rings (SSSR count). The quantitative estimate of drug-likeness (QED) is 0.777. The molecule has 0 heterocycles. The van der Waals surface area contributed by atoms with E-state index >= 15 is 0 Å². The Bertz CT molecular complexity index is 411. The molecule has 0 spiro atoms. The van der Waals surface area contributed by atoms with Crippen molar-refractivity contribution < 1.29 is 9.53 Å². The lowest BCUT2D eigenvalue weighted by Crippen LogP contribution is -2.24. The second-order valence-corrected chi connectivity index (χ2v) is 5.47. The van der Waals surface area contributed by atoms with Gasteiger partial charge in [0.1, 0.15) is 11.4 Å². The van der Waals surface area contributed by atoms with Gasteiger partial charge in [-0.3, -0.25) is 4.79 Å². The van der Waals surface area contributed by atoms with Gasteiger partial charge in [0.25, 0.3) is 0 Å². The summed E-state index contributed by atoms with van der Waals surface area (Å²) in [5.41, 5.74) is 0.444. The fourth-order valence-electron chi connectivity index (χ4n) is 1.63. The SMILES string of the molecule is CNCCCC(=O)Nc1ccccc1OC(C)(C)C. The van der Waals surface area contributed by atoms with Gasteiger partial charge in [0.15, 0.2) is 0 Å². The number of rotatable bonds is 6. The van der Waals surface area contributed by atoms with E-state index in [4.69, 9.17) is 4.74 Å². The molecule has 0 aromatic heterocycles. The summed E-state index contributed by atoms with van der Waals surface area (Å²) < 4.78 is 5.83. The van der Waals surface area contributed by atoms with Gasteiger partial charge in [-0.25, -0.2) is 0 Å². The van der Waals surface area contributed by atoms with Crippen molar-refractivity contribution in [2.45, 2.75) is 39.2 Å². The molecule has 0 bridgehead atoms. The summed E-state index contributed by atoms with van der Waals surface area (Å²) in [6.45, 7) is 6.79. The third kappa shape index (κ3) is 6.25. The molecule has 0 radical (unpaired) electrons. The van der Waals surface area contributed by atoms with E-state index in [1.165, 1.54) is 0 Å². The average Bonchev–Trinajstić information content (AvgIpc) is 2.30. The first kappa shape index (κ1) is 15.5. The normalized spacial score (nSPS) is 11.2. The van der Waals surface area contributed by atoms with Crippen LogP contribution in [0.1, 0.15) is 33.6 Å². The number of carbonyl (C=O) groups is 1. The monoisotopic (exact) mass is 264 g/mol. The minimum Gasteiger partial charge on any atom is -0.486 e. The van der Waals surface area contributed by atoms with Crippen molar-refractivity contribution in [3.63, 3.8) is 0 Å². The molecule has 0 aliphatic carbocycles. The van der Waals surface area contributed by atoms with E-state index in [1.54, 1.807) is 0 Å². The zero-order valence-corrected chi connectivity index (χ0v) is 12.2. The zero-order valence-electron chi connectivity index (χ0n) is 12.2. The number of carbonyl (C=O) groups excluding carboxylic acids is 1. The van der Waals surface area contributed by atoms with Crippen molar-refractivity contribution in [3.05, 3.63) is 24.3 Å². The Hall–Kier alpha value is -1.55. The highest BCUT2D eigenvalue weighted by Crippen LogP contribution is 2.27. The molecule has 0 saturated heterocycles. The van der Waals surface area contributed by atoms with E-state index in [-0.39, 0.29) is 11.5 Å². The number of anilines is 1. The van der Waals surface area contributed by atoms with Crippen molar-refractivity contribution in [1.29, 1.82) is 0 Å². The molecule has 4 nitrogen and oxygen atoms in total. The standard InChI is InChI=1S/C15H24N2O2/c1-15(2,3)19-13-9-6-5-8-12(13)17-14(18)10-7-11-16-4/h5-6,8-9,16H,7,10-11H2,1-4H3,(H,17,18). The number of hydrogen-bond acceptors (Lipinski definition) is 3. The molecule has 4 heteroatoms. The second-order valence-electron chi connectivity index (χ2n) is 5.47. The number of hydrogen-bond donors (Lipinski definition) is 2. The maximum absolute atomic E-state index is 11.8. The van der Waals surface area contributed by atoms with Gasteiger partial charge in [0.2, 0.25) is 5.91 Å². The first-order valence-corrected chi connectivity index (χ1v) is 6.65. The fraction of sp³-hybridized carbons (Fsp3) is 0.533. The summed E-state index contributed by atoms with van der Waals surface area (Å²) in [6.07, 6.45) is 1.33. The molecule has 0 unspecified atom stereocenters. The van der Waals surface area contributed by atoms with E-state index in [0.29, 0.717) is 12.2 Å². The fourth-order valence-corrected chi connectivity index (χ4v) is 1.63. The molecule has 1 aromatic carbocycles. The topological polar surface area (TPSA) is 50.4 Å². The molecular weight excluding hydrogens is 240 g/mol. The molecule has 19 heavy (non-hydrogen) atoms. The summed E-state index contributed by atoms with van der Waals surface area (Å²) >= 11 is 0. The summed E-state index contributed by atoms with van der Waals surface area (Å²) in [5, 5.41) is 5.92. The van der Waals surface area contributed by atoms with Crippen LogP contribution in [0.25, 0.3) is 0 Å². The van der Waals surface area contributed by atoms with Gasteiger partial charge >= 0.3 is 0 Å². The molecule has 0 aliphatic heterocycles. The van der Waals surface area contributed by atoms with E-state index in [2.05, 4.69) is 10.6 Å². The number of benzene rings is 1. The van der Waals surface area contributed by atoms with E-state index < -0.39 is 0 Å². The van der Waals surface area contributed by atoms with Gasteiger partial charge in [-0.2, -0.15) is 0 Å². The third-order valence-corrected chi connectivity index (χ3v) is 2.41. The van der Waals surface area contributed by atoms with Crippen LogP contribution in [-0.4, -0.2) is 25.1 Å². The van der Waals surface area contributed by atoms with Gasteiger partial charge < -0.3 is 15.4 Å². The number of ether oxygens (including phenoxy) is 1. The van der Waals surface area contributed by atoms with Gasteiger partial charge in [-0.05, 0) is 52.9 Å². The van der Waals surface area contributed by atoms with Crippen LogP contribution < -0.4 is 15.4 Å². The molecular formula is C15H24N2O2. The Morgan fingerprint density at radius 2 is 1.95 bits per heavy atom. The van der Waals surface area contributed by atoms with Crippen LogP contribution in [-0.2, 0) is 4.79 Å². The Morgan fingerprint density at radius 1 is 1.26 bits per heavy atom. The Balaban J connectivity index is 2.64. The minimum absolute atomic E-state index is 0.0141. The first-order valence-electron chi connectivity index (χ1n) is 6.65. The predicted molar refractivity (Wildman–Crippen MR) is 78.6 cm³/mol. The summed E-state index contributed by atoms with van der Waals surface area (Å²) in [4.78, 5) is 11.8. The smallest absolute Gasteiger partial charge is 0.224 e. The average molecular weight is 264 g/mol. The lowest BCUT2D eigenvalue weighted by Gasteiger charge is -2.23. The van der Waals surface area contributed by atoms with Crippen molar-refractivity contribution in [3.8, 4) is 5.75 Å². The van der Waals surface area contributed by atoms with E-state index in [9.17, 15) is 4.79 Å². The van der Waals surface area contributed by atoms with Crippen molar-refractivity contribution in [1.82, 2.24) is 5.32 Å². The predicted octanol–water partition coefficient (Wildman–Crippen LogP) is 2.80. The summed E-state index contributed by atoms with van der Waals surface area (Å²) in [7, 11) is 1.88. The largest absolute Gasteiger partial charge is 0.486 e. The summed E-state index contributed by atoms with van der Waals surface area (Å²) in [5.74, 6) is 0.720. The molecule has 1 amide bonds. The molecule has 1 aromatic rings. The Morgan fingerprint density at radius 3 is 2.58 bits per heavy atom. The van der Waals surface area contributed by atoms with Crippen LogP contribution in [0.15, 0.2) is 24.3 Å². The molecule has 0 aliphatic rings. The van der Waals surface area contributed by atoms with Gasteiger partial charge in [0, 0.05) is 6.42 Å². The highest BCUT2D eigenvalue weighted by Gasteiger charge is 2.15. The minimum atomic E-state index is -0.285. The number of para-hydroxylation sites is 2. The van der Waals surface area contributed by atoms with Gasteiger partial charge in [0.05, 0.1) is 5.69 Å². The van der Waals surface area contributed by atoms with E-state index in [0.717, 1.165) is 18.7 Å². The van der Waals surface area contributed by atoms with E-state index in [1.807, 2.05) is 52.1 Å². The van der Waals surface area contributed by atoms with Crippen LogP contribution in [0.4, 0.5) is 5.69 Å². The van der Waals surface area contributed by atoms with Crippen LogP contribution in [0.2, 0.25) is 0 Å². The Labute approximate surface area is 115 Å². The number of amides is 1. The van der Waals surface area contributed by atoms with Crippen LogP contribution in [0.5, 0.6) is 5.75 Å².